The molecule has 4 rings (SSSR count). The molecule has 0 aliphatic rings. The first-order chi connectivity index (χ1) is 19.3. The van der Waals surface area contributed by atoms with Crippen LogP contribution < -0.4 is 19.2 Å². The average Bonchev–Trinajstić information content (AvgIpc) is 2.96. The number of rotatable bonds is 11. The molecule has 4 aromatic rings. The molecule has 1 N–H and O–H groups in total. The maximum Gasteiger partial charge on any atom is 0.264 e. The van der Waals surface area contributed by atoms with Gasteiger partial charge in [0.1, 0.15) is 19.0 Å². The number of ether oxygens (including phenoxy) is 2. The van der Waals surface area contributed by atoms with Crippen molar-refractivity contribution in [1.82, 2.24) is 5.43 Å². The zero-order valence-electron chi connectivity index (χ0n) is 21.3. The summed E-state index contributed by atoms with van der Waals surface area (Å²) in [7, 11) is -2.75. The molecule has 0 spiro atoms. The maximum absolute atomic E-state index is 14.6. The third-order valence-corrected chi connectivity index (χ3v) is 7.98. The topological polar surface area (TPSA) is 97.3 Å². The average molecular weight is 627 g/mol. The number of nitrogens with one attached hydrogen (secondary N) is 1. The number of nitrogens with zero attached hydrogens (tertiary/aromatic N) is 2. The van der Waals surface area contributed by atoms with Crippen molar-refractivity contribution < 1.29 is 27.1 Å². The lowest BCUT2D eigenvalue weighted by molar-refractivity contribution is -0.119. The van der Waals surface area contributed by atoms with E-state index in [1.54, 1.807) is 30.3 Å². The molecule has 0 unspecified atom stereocenters. The van der Waals surface area contributed by atoms with Gasteiger partial charge in [-0.2, -0.15) is 5.10 Å². The third kappa shape index (κ3) is 7.04. The van der Waals surface area contributed by atoms with Gasteiger partial charge in [0, 0.05) is 0 Å². The summed E-state index contributed by atoms with van der Waals surface area (Å²) in [5, 5.41) is 3.95. The van der Waals surface area contributed by atoms with Crippen LogP contribution in [0, 0.1) is 5.82 Å². The minimum Gasteiger partial charge on any atom is -0.493 e. The van der Waals surface area contributed by atoms with Crippen molar-refractivity contribution in [3.05, 3.63) is 118 Å². The molecule has 0 fully saturated rings. The summed E-state index contributed by atoms with van der Waals surface area (Å²) in [6, 6.07) is 25.9. The molecule has 0 aromatic heterocycles. The van der Waals surface area contributed by atoms with Gasteiger partial charge in [-0.15, -0.1) is 0 Å². The van der Waals surface area contributed by atoms with Gasteiger partial charge >= 0.3 is 0 Å². The van der Waals surface area contributed by atoms with Crippen LogP contribution in [0.15, 0.2) is 112 Å². The lowest BCUT2D eigenvalue weighted by Gasteiger charge is -2.24. The first-order valence-electron chi connectivity index (χ1n) is 12.0. The summed E-state index contributed by atoms with van der Waals surface area (Å²) in [6.45, 7) is -0.363. The van der Waals surface area contributed by atoms with Crippen molar-refractivity contribution in [2.24, 2.45) is 5.10 Å². The molecular formula is C29H25BrFN3O5S. The molecule has 0 radical (unpaired) electrons. The molecule has 0 aliphatic heterocycles. The molecule has 4 aromatic carbocycles. The number of benzene rings is 4. The van der Waals surface area contributed by atoms with Gasteiger partial charge < -0.3 is 9.47 Å². The Hall–Kier alpha value is -4.22. The number of methoxy groups -OCH3 is 1. The number of hydrazone groups is 1. The number of anilines is 1. The molecule has 0 aliphatic carbocycles. The van der Waals surface area contributed by atoms with Crippen molar-refractivity contribution >= 4 is 43.8 Å². The van der Waals surface area contributed by atoms with E-state index in [9.17, 15) is 17.6 Å². The molecule has 0 saturated heterocycles. The molecular weight excluding hydrogens is 601 g/mol. The maximum atomic E-state index is 14.6. The van der Waals surface area contributed by atoms with Crippen LogP contribution in [0.2, 0.25) is 0 Å². The number of carbonyl (C=O) groups excluding carboxylic acids is 1. The summed E-state index contributed by atoms with van der Waals surface area (Å²) in [5.74, 6) is -0.616. The first-order valence-corrected chi connectivity index (χ1v) is 14.2. The Labute approximate surface area is 240 Å². The summed E-state index contributed by atoms with van der Waals surface area (Å²) >= 11 is 3.48. The van der Waals surface area contributed by atoms with Gasteiger partial charge in [0.25, 0.3) is 15.9 Å². The fourth-order valence-corrected chi connectivity index (χ4v) is 5.73. The zero-order valence-corrected chi connectivity index (χ0v) is 23.7. The summed E-state index contributed by atoms with van der Waals surface area (Å²) < 4.78 is 53.9. The lowest BCUT2D eigenvalue weighted by atomic mass is 10.2. The predicted octanol–water partition coefficient (Wildman–Crippen LogP) is 5.52. The Morgan fingerprint density at radius 1 is 1.00 bits per heavy atom. The number of halogens is 2. The van der Waals surface area contributed by atoms with Crippen molar-refractivity contribution in [2.45, 2.75) is 11.5 Å². The van der Waals surface area contributed by atoms with Crippen LogP contribution in [0.1, 0.15) is 11.1 Å². The normalized spacial score (nSPS) is 11.3. The highest BCUT2D eigenvalue weighted by Gasteiger charge is 2.29. The Morgan fingerprint density at radius 3 is 2.33 bits per heavy atom. The smallest absolute Gasteiger partial charge is 0.264 e. The molecule has 0 atom stereocenters. The second kappa shape index (κ2) is 13.2. The van der Waals surface area contributed by atoms with E-state index in [0.717, 1.165) is 11.6 Å². The van der Waals surface area contributed by atoms with E-state index < -0.39 is 28.3 Å². The van der Waals surface area contributed by atoms with E-state index >= 15 is 0 Å². The van der Waals surface area contributed by atoms with Crippen LogP contribution in [0.3, 0.4) is 0 Å². The molecule has 8 nitrogen and oxygen atoms in total. The number of hydrogen-bond acceptors (Lipinski definition) is 6. The quantitative estimate of drug-likeness (QED) is 0.175. The molecule has 0 bridgehead atoms. The van der Waals surface area contributed by atoms with E-state index in [0.29, 0.717) is 32.4 Å². The monoisotopic (exact) mass is 625 g/mol. The standard InChI is InChI=1S/C29H25BrFN3O5S/c1-38-27-17-22(16-24(30)29(27)39-20-21-10-4-2-5-11-21)18-32-33-28(35)19-34(26-15-9-8-14-25(26)31)40(36,37)23-12-6-3-7-13-23/h2-18H,19-20H2,1H3,(H,33,35)/b32-18-. The van der Waals surface area contributed by atoms with Crippen LogP contribution in [0.4, 0.5) is 10.1 Å². The largest absolute Gasteiger partial charge is 0.493 e. The van der Waals surface area contributed by atoms with Crippen LogP contribution in [0.25, 0.3) is 0 Å². The van der Waals surface area contributed by atoms with E-state index in [-0.39, 0.29) is 10.6 Å². The predicted molar refractivity (Wildman–Crippen MR) is 155 cm³/mol. The minimum absolute atomic E-state index is 0.0823. The van der Waals surface area contributed by atoms with Crippen LogP contribution in [-0.2, 0) is 21.4 Å². The molecule has 206 valence electrons. The Balaban J connectivity index is 1.49. The highest BCUT2D eigenvalue weighted by atomic mass is 79.9. The van der Waals surface area contributed by atoms with Gasteiger partial charge in [0.2, 0.25) is 0 Å². The van der Waals surface area contributed by atoms with Crippen LogP contribution in [0.5, 0.6) is 11.5 Å². The second-order valence-corrected chi connectivity index (χ2v) is 11.1. The fraction of sp³-hybridized carbons (Fsp3) is 0.103. The second-order valence-electron chi connectivity index (χ2n) is 8.38. The summed E-state index contributed by atoms with van der Waals surface area (Å²) in [6.07, 6.45) is 1.37. The molecule has 1 amide bonds. The Bertz CT molecular complexity index is 1600. The Morgan fingerprint density at radius 2 is 1.65 bits per heavy atom. The van der Waals surface area contributed by atoms with Gasteiger partial charge in [-0.05, 0) is 63.5 Å². The number of para-hydroxylation sites is 1. The molecule has 0 heterocycles. The van der Waals surface area contributed by atoms with Crippen molar-refractivity contribution in [2.75, 3.05) is 18.0 Å². The highest BCUT2D eigenvalue weighted by Crippen LogP contribution is 2.37. The summed E-state index contributed by atoms with van der Waals surface area (Å²) in [4.78, 5) is 12.7. The van der Waals surface area contributed by atoms with Gasteiger partial charge in [-0.1, -0.05) is 60.7 Å². The number of sulfonamides is 1. The lowest BCUT2D eigenvalue weighted by Crippen LogP contribution is -2.40. The molecule has 0 saturated carbocycles. The van der Waals surface area contributed by atoms with Crippen molar-refractivity contribution in [3.63, 3.8) is 0 Å². The van der Waals surface area contributed by atoms with Crippen molar-refractivity contribution in [1.29, 1.82) is 0 Å². The molecule has 11 heteroatoms. The SMILES string of the molecule is COc1cc(/C=N\NC(=O)CN(c2ccccc2F)S(=O)(=O)c2ccccc2)cc(Br)c1OCc1ccccc1. The summed E-state index contributed by atoms with van der Waals surface area (Å²) in [5.41, 5.74) is 3.61. The van der Waals surface area contributed by atoms with Gasteiger partial charge in [-0.25, -0.2) is 18.2 Å². The fourth-order valence-electron chi connectivity index (χ4n) is 3.70. The van der Waals surface area contributed by atoms with E-state index in [2.05, 4.69) is 26.5 Å². The van der Waals surface area contributed by atoms with Gasteiger partial charge in [0.05, 0.1) is 28.4 Å². The zero-order chi connectivity index (χ0) is 28.5. The van der Waals surface area contributed by atoms with Crippen molar-refractivity contribution in [3.8, 4) is 11.5 Å². The first kappa shape index (κ1) is 28.8. The number of hydrogen-bond donors (Lipinski definition) is 1. The van der Waals surface area contributed by atoms with Gasteiger partial charge in [-0.3, -0.25) is 9.10 Å². The minimum atomic E-state index is -4.25. The van der Waals surface area contributed by atoms with E-state index in [1.807, 2.05) is 30.3 Å². The number of carbonyl (C=O) groups is 1. The third-order valence-electron chi connectivity index (χ3n) is 5.62. The van der Waals surface area contributed by atoms with E-state index in [4.69, 9.17) is 9.47 Å². The van der Waals surface area contributed by atoms with Crippen LogP contribution >= 0.6 is 15.9 Å². The van der Waals surface area contributed by atoms with Crippen LogP contribution in [-0.4, -0.2) is 34.2 Å². The Kier molecular flexibility index (Phi) is 9.52. The highest BCUT2D eigenvalue weighted by molar-refractivity contribution is 9.10. The number of amides is 1. The van der Waals surface area contributed by atoms with E-state index in [1.165, 1.54) is 43.7 Å². The van der Waals surface area contributed by atoms with Gasteiger partial charge in [0.15, 0.2) is 11.5 Å². The molecule has 40 heavy (non-hydrogen) atoms.